The molecule has 0 aromatic rings. The Kier molecular flexibility index (Phi) is 2.77. The number of rotatable bonds is 3. The highest BCUT2D eigenvalue weighted by atomic mass is 15.1. The molecule has 0 saturated heterocycles. The molecule has 0 unspecified atom stereocenters. The molecule has 0 N–H and O–H groups in total. The lowest BCUT2D eigenvalue weighted by Gasteiger charge is -2.03. The number of hydrogen-bond donors (Lipinski definition) is 0. The van der Waals surface area contributed by atoms with Crippen LogP contribution in [0.3, 0.4) is 0 Å². The van der Waals surface area contributed by atoms with Crippen LogP contribution >= 0.6 is 0 Å². The Morgan fingerprint density at radius 3 is 1.14 bits per heavy atom. The predicted molar refractivity (Wildman–Crippen MR) is 32.4 cm³/mol. The lowest BCUT2D eigenvalue weighted by atomic mass is 10.7. The molecule has 1 nitrogen and oxygen atoms in total. The van der Waals surface area contributed by atoms with Gasteiger partial charge in [0, 0.05) is 18.6 Å². The first kappa shape index (κ1) is 6.02. The molecule has 0 saturated carbocycles. The average molecular weight is 95.1 g/mol. The van der Waals surface area contributed by atoms with Crippen molar-refractivity contribution in [2.75, 3.05) is 0 Å². The van der Waals surface area contributed by atoms with Crippen molar-refractivity contribution < 1.29 is 0 Å². The van der Waals surface area contributed by atoms with Gasteiger partial charge in [0.1, 0.15) is 0 Å². The Labute approximate surface area is 44.3 Å². The lowest BCUT2D eigenvalue weighted by molar-refractivity contribution is 0.701. The Hall–Kier alpha value is -0.980. The van der Waals surface area contributed by atoms with Crippen LogP contribution in [0.15, 0.2) is 38.3 Å². The van der Waals surface area contributed by atoms with Gasteiger partial charge in [-0.05, 0) is 0 Å². The molecule has 1 heteroatoms. The largest absolute Gasteiger partial charge is 0.332 e. The van der Waals surface area contributed by atoms with Crippen LogP contribution in [0.4, 0.5) is 0 Å². The SMILES string of the molecule is C=CN(C=C)C=C. The van der Waals surface area contributed by atoms with E-state index in [2.05, 4.69) is 19.7 Å². The molecule has 0 fully saturated rings. The molecule has 0 aliphatic heterocycles. The van der Waals surface area contributed by atoms with Crippen LogP contribution in [0.5, 0.6) is 0 Å². The molecule has 0 atom stereocenters. The first-order chi connectivity index (χ1) is 3.35. The van der Waals surface area contributed by atoms with Crippen molar-refractivity contribution in [3.8, 4) is 0 Å². The van der Waals surface area contributed by atoms with Gasteiger partial charge in [-0.3, -0.25) is 0 Å². The molecule has 0 aliphatic carbocycles. The Morgan fingerprint density at radius 2 is 1.14 bits per heavy atom. The van der Waals surface area contributed by atoms with E-state index in [1.807, 2.05) is 0 Å². The summed E-state index contributed by atoms with van der Waals surface area (Å²) in [7, 11) is 0. The fraction of sp³-hybridized carbons (Fsp3) is 0. The Morgan fingerprint density at radius 1 is 0.857 bits per heavy atom. The summed E-state index contributed by atoms with van der Waals surface area (Å²) in [5, 5.41) is 0. The molecule has 0 aromatic carbocycles. The Bertz CT molecular complexity index is 65.2. The summed E-state index contributed by atoms with van der Waals surface area (Å²) in [6.45, 7) is 10.5. The van der Waals surface area contributed by atoms with E-state index < -0.39 is 0 Å². The first-order valence-electron chi connectivity index (χ1n) is 2.00. The zero-order valence-electron chi connectivity index (χ0n) is 4.30. The van der Waals surface area contributed by atoms with Gasteiger partial charge in [0.15, 0.2) is 0 Å². The normalized spacial score (nSPS) is 6.86. The van der Waals surface area contributed by atoms with E-state index in [1.165, 1.54) is 0 Å². The van der Waals surface area contributed by atoms with E-state index in [4.69, 9.17) is 0 Å². The van der Waals surface area contributed by atoms with Gasteiger partial charge in [0.2, 0.25) is 0 Å². The quantitative estimate of drug-likeness (QED) is 0.516. The van der Waals surface area contributed by atoms with Crippen LogP contribution in [-0.4, -0.2) is 4.90 Å². The Balaban J connectivity index is 3.57. The average Bonchev–Trinajstić information content (AvgIpc) is 1.72. The highest BCUT2D eigenvalue weighted by molar-refractivity contribution is 4.87. The van der Waals surface area contributed by atoms with Crippen LogP contribution in [0, 0.1) is 0 Å². The second-order valence-corrected chi connectivity index (χ2v) is 0.995. The zero-order chi connectivity index (χ0) is 5.70. The fourth-order valence-corrected chi connectivity index (χ4v) is 0.224. The summed E-state index contributed by atoms with van der Waals surface area (Å²) in [6, 6.07) is 0. The monoisotopic (exact) mass is 95.1 g/mol. The second-order valence-electron chi connectivity index (χ2n) is 0.995. The maximum Gasteiger partial charge on any atom is 0.000939 e. The van der Waals surface area contributed by atoms with Gasteiger partial charge in [-0.15, -0.1) is 0 Å². The minimum absolute atomic E-state index is 1.62. The van der Waals surface area contributed by atoms with E-state index in [0.717, 1.165) is 0 Å². The van der Waals surface area contributed by atoms with Crippen LogP contribution in [0.1, 0.15) is 0 Å². The highest BCUT2D eigenvalue weighted by Gasteiger charge is 1.73. The third-order valence-electron chi connectivity index (χ3n) is 0.632. The summed E-state index contributed by atoms with van der Waals surface area (Å²) >= 11 is 0. The molecule has 0 bridgehead atoms. The molecular formula is C6H9N. The van der Waals surface area contributed by atoms with Crippen LogP contribution in [-0.2, 0) is 0 Å². The smallest absolute Gasteiger partial charge is 0.000939 e. The summed E-state index contributed by atoms with van der Waals surface area (Å²) < 4.78 is 0. The fourth-order valence-electron chi connectivity index (χ4n) is 0.224. The summed E-state index contributed by atoms with van der Waals surface area (Å²) in [6.07, 6.45) is 4.88. The van der Waals surface area contributed by atoms with Gasteiger partial charge in [0.05, 0.1) is 0 Å². The van der Waals surface area contributed by atoms with E-state index in [9.17, 15) is 0 Å². The van der Waals surface area contributed by atoms with Gasteiger partial charge in [0.25, 0.3) is 0 Å². The molecule has 0 rings (SSSR count). The van der Waals surface area contributed by atoms with Crippen molar-refractivity contribution in [2.24, 2.45) is 0 Å². The minimum atomic E-state index is 1.62. The van der Waals surface area contributed by atoms with E-state index in [0.29, 0.717) is 0 Å². The molecular weight excluding hydrogens is 86.1 g/mol. The molecule has 0 amide bonds. The lowest BCUT2D eigenvalue weighted by Crippen LogP contribution is -1.94. The zero-order valence-corrected chi connectivity index (χ0v) is 4.30. The van der Waals surface area contributed by atoms with E-state index in [1.54, 1.807) is 23.5 Å². The van der Waals surface area contributed by atoms with Crippen molar-refractivity contribution in [1.82, 2.24) is 4.90 Å². The first-order valence-corrected chi connectivity index (χ1v) is 2.00. The number of hydrogen-bond acceptors (Lipinski definition) is 1. The van der Waals surface area contributed by atoms with Gasteiger partial charge in [-0.1, -0.05) is 19.7 Å². The van der Waals surface area contributed by atoms with Crippen molar-refractivity contribution in [1.29, 1.82) is 0 Å². The second kappa shape index (κ2) is 3.22. The predicted octanol–water partition coefficient (Wildman–Crippen LogP) is 1.72. The summed E-state index contributed by atoms with van der Waals surface area (Å²) in [5.41, 5.74) is 0. The topological polar surface area (TPSA) is 3.24 Å². The van der Waals surface area contributed by atoms with Gasteiger partial charge in [-0.2, -0.15) is 0 Å². The third-order valence-corrected chi connectivity index (χ3v) is 0.632. The maximum atomic E-state index is 3.49. The van der Waals surface area contributed by atoms with Crippen LogP contribution in [0.25, 0.3) is 0 Å². The molecule has 0 radical (unpaired) electrons. The minimum Gasteiger partial charge on any atom is -0.332 e. The maximum absolute atomic E-state index is 3.49. The van der Waals surface area contributed by atoms with Crippen LogP contribution < -0.4 is 0 Å². The van der Waals surface area contributed by atoms with E-state index >= 15 is 0 Å². The van der Waals surface area contributed by atoms with Gasteiger partial charge < -0.3 is 4.90 Å². The van der Waals surface area contributed by atoms with Crippen LogP contribution in [0.2, 0.25) is 0 Å². The molecule has 0 spiro atoms. The molecule has 0 aliphatic rings. The summed E-state index contributed by atoms with van der Waals surface area (Å²) in [4.78, 5) is 1.67. The third kappa shape index (κ3) is 1.82. The van der Waals surface area contributed by atoms with Crippen molar-refractivity contribution in [2.45, 2.75) is 0 Å². The number of nitrogens with zero attached hydrogens (tertiary/aromatic N) is 1. The van der Waals surface area contributed by atoms with Crippen molar-refractivity contribution in [3.05, 3.63) is 38.3 Å². The standard InChI is InChI=1S/C6H9N/c1-4-7(5-2)6-3/h4-6H,1-3H2. The van der Waals surface area contributed by atoms with Crippen molar-refractivity contribution >= 4 is 0 Å². The summed E-state index contributed by atoms with van der Waals surface area (Å²) in [5.74, 6) is 0. The van der Waals surface area contributed by atoms with Gasteiger partial charge >= 0.3 is 0 Å². The van der Waals surface area contributed by atoms with E-state index in [-0.39, 0.29) is 0 Å². The highest BCUT2D eigenvalue weighted by Crippen LogP contribution is 1.84. The molecule has 0 heterocycles. The van der Waals surface area contributed by atoms with Gasteiger partial charge in [-0.25, -0.2) is 0 Å². The molecule has 0 aromatic heterocycles. The molecule has 38 valence electrons. The van der Waals surface area contributed by atoms with Crippen molar-refractivity contribution in [3.63, 3.8) is 0 Å². The molecule has 7 heavy (non-hydrogen) atoms.